The summed E-state index contributed by atoms with van der Waals surface area (Å²) in [4.78, 5) is 22.6. The molecule has 19 heavy (non-hydrogen) atoms. The van der Waals surface area contributed by atoms with E-state index in [2.05, 4.69) is 17.6 Å². The van der Waals surface area contributed by atoms with E-state index in [1.165, 1.54) is 6.42 Å². The molecule has 0 bridgehead atoms. The number of carboxylic acids is 1. The first-order valence-corrected chi connectivity index (χ1v) is 7.05. The van der Waals surface area contributed by atoms with Gasteiger partial charge in [-0.05, 0) is 40.0 Å². The van der Waals surface area contributed by atoms with Crippen LogP contribution in [0, 0.1) is 0 Å². The molecule has 0 saturated heterocycles. The molecule has 0 aromatic carbocycles. The zero-order chi connectivity index (χ0) is 14.5. The van der Waals surface area contributed by atoms with Crippen molar-refractivity contribution in [3.05, 3.63) is 0 Å². The lowest BCUT2D eigenvalue weighted by Gasteiger charge is -2.36. The minimum absolute atomic E-state index is 0.0601. The summed E-state index contributed by atoms with van der Waals surface area (Å²) in [6.07, 6.45) is 6.05. The largest absolute Gasteiger partial charge is 0.481 e. The molecule has 0 aromatic heterocycles. The predicted molar refractivity (Wildman–Crippen MR) is 74.1 cm³/mol. The van der Waals surface area contributed by atoms with Crippen LogP contribution in [0.3, 0.4) is 0 Å². The Morgan fingerprint density at radius 3 is 2.32 bits per heavy atom. The maximum Gasteiger partial charge on any atom is 0.315 e. The van der Waals surface area contributed by atoms with E-state index in [-0.39, 0.29) is 18.0 Å². The Kier molecular flexibility index (Phi) is 5.20. The highest BCUT2D eigenvalue weighted by Gasteiger charge is 2.30. The van der Waals surface area contributed by atoms with E-state index in [1.807, 2.05) is 13.8 Å². The van der Waals surface area contributed by atoms with Crippen LogP contribution in [0.2, 0.25) is 0 Å². The fourth-order valence-electron chi connectivity index (χ4n) is 2.55. The molecule has 5 nitrogen and oxygen atoms in total. The third-order valence-electron chi connectivity index (χ3n) is 3.79. The average molecular weight is 270 g/mol. The smallest absolute Gasteiger partial charge is 0.315 e. The van der Waals surface area contributed by atoms with Crippen molar-refractivity contribution in [1.29, 1.82) is 0 Å². The topological polar surface area (TPSA) is 78.4 Å². The van der Waals surface area contributed by atoms with Gasteiger partial charge in [0, 0.05) is 17.5 Å². The van der Waals surface area contributed by atoms with Crippen LogP contribution in [0.15, 0.2) is 0 Å². The van der Waals surface area contributed by atoms with Gasteiger partial charge in [-0.15, -0.1) is 0 Å². The van der Waals surface area contributed by atoms with Gasteiger partial charge in [0.1, 0.15) is 0 Å². The monoisotopic (exact) mass is 270 g/mol. The lowest BCUT2D eigenvalue weighted by molar-refractivity contribution is -0.137. The van der Waals surface area contributed by atoms with Crippen molar-refractivity contribution in [1.82, 2.24) is 10.6 Å². The van der Waals surface area contributed by atoms with Crippen molar-refractivity contribution >= 4 is 12.0 Å². The highest BCUT2D eigenvalue weighted by atomic mass is 16.4. The zero-order valence-corrected chi connectivity index (χ0v) is 12.2. The minimum Gasteiger partial charge on any atom is -0.481 e. The van der Waals surface area contributed by atoms with Crippen LogP contribution in [0.4, 0.5) is 4.79 Å². The lowest BCUT2D eigenvalue weighted by atomic mass is 9.83. The van der Waals surface area contributed by atoms with Gasteiger partial charge >= 0.3 is 12.0 Å². The third-order valence-corrected chi connectivity index (χ3v) is 3.79. The van der Waals surface area contributed by atoms with Crippen LogP contribution >= 0.6 is 0 Å². The summed E-state index contributed by atoms with van der Waals surface area (Å²) >= 11 is 0. The number of carbonyl (C=O) groups is 2. The predicted octanol–water partition coefficient (Wildman–Crippen LogP) is 2.65. The molecular formula is C14H26N2O3. The molecule has 0 aromatic rings. The first-order chi connectivity index (χ1) is 8.72. The molecule has 0 spiro atoms. The summed E-state index contributed by atoms with van der Waals surface area (Å²) in [5.41, 5.74) is -0.626. The van der Waals surface area contributed by atoms with Crippen molar-refractivity contribution in [2.45, 2.75) is 76.8 Å². The highest BCUT2D eigenvalue weighted by Crippen LogP contribution is 2.27. The maximum absolute atomic E-state index is 12.0. The molecule has 0 atom stereocenters. The standard InChI is InChI=1S/C14H26N2O3/c1-13(2,10-7-11(17)18)15-12(19)16-14(3)8-5-4-6-9-14/h4-10H2,1-3H3,(H,17,18)(H2,15,16,19). The molecule has 1 aliphatic rings. The number of hydrogen-bond donors (Lipinski definition) is 3. The Balaban J connectivity index is 2.42. The van der Waals surface area contributed by atoms with Crippen molar-refractivity contribution in [3.8, 4) is 0 Å². The summed E-state index contributed by atoms with van der Waals surface area (Å²) in [6.45, 7) is 5.77. The van der Waals surface area contributed by atoms with Crippen LogP contribution in [0.5, 0.6) is 0 Å². The van der Waals surface area contributed by atoms with E-state index >= 15 is 0 Å². The normalized spacial score (nSPS) is 18.7. The number of rotatable bonds is 5. The molecule has 1 rings (SSSR count). The second-order valence-electron chi connectivity index (χ2n) is 6.48. The second-order valence-corrected chi connectivity index (χ2v) is 6.48. The quantitative estimate of drug-likeness (QED) is 0.718. The molecule has 0 aliphatic heterocycles. The number of urea groups is 1. The second kappa shape index (κ2) is 6.26. The molecule has 0 radical (unpaired) electrons. The molecule has 5 heteroatoms. The summed E-state index contributed by atoms with van der Waals surface area (Å²) in [6, 6.07) is -0.195. The fourth-order valence-corrected chi connectivity index (χ4v) is 2.55. The third kappa shape index (κ3) is 5.94. The molecule has 2 amide bonds. The summed E-state index contributed by atoms with van der Waals surface area (Å²) in [7, 11) is 0. The van der Waals surface area contributed by atoms with E-state index < -0.39 is 11.5 Å². The van der Waals surface area contributed by atoms with E-state index in [9.17, 15) is 9.59 Å². The Morgan fingerprint density at radius 2 is 1.79 bits per heavy atom. The molecule has 1 aliphatic carbocycles. The van der Waals surface area contributed by atoms with Gasteiger partial charge in [0.15, 0.2) is 0 Å². The first kappa shape index (κ1) is 15.8. The number of aliphatic carboxylic acids is 1. The van der Waals surface area contributed by atoms with Crippen LogP contribution in [-0.2, 0) is 4.79 Å². The van der Waals surface area contributed by atoms with Crippen LogP contribution in [0.1, 0.15) is 65.7 Å². The van der Waals surface area contributed by atoms with Gasteiger partial charge in [0.2, 0.25) is 0 Å². The van der Waals surface area contributed by atoms with E-state index in [1.54, 1.807) is 0 Å². The maximum atomic E-state index is 12.0. The Labute approximate surface area is 115 Å². The van der Waals surface area contributed by atoms with Gasteiger partial charge in [-0.2, -0.15) is 0 Å². The average Bonchev–Trinajstić information content (AvgIpc) is 2.25. The number of amides is 2. The van der Waals surface area contributed by atoms with Gasteiger partial charge < -0.3 is 15.7 Å². The van der Waals surface area contributed by atoms with Gasteiger partial charge in [-0.25, -0.2) is 4.79 Å². The van der Waals surface area contributed by atoms with E-state index in [0.29, 0.717) is 6.42 Å². The van der Waals surface area contributed by atoms with Gasteiger partial charge in [-0.3, -0.25) is 4.79 Å². The first-order valence-electron chi connectivity index (χ1n) is 7.05. The SMILES string of the molecule is CC(C)(CCC(=O)O)NC(=O)NC1(C)CCCCC1. The highest BCUT2D eigenvalue weighted by molar-refractivity contribution is 5.75. The van der Waals surface area contributed by atoms with Crippen molar-refractivity contribution in [2.75, 3.05) is 0 Å². The molecule has 1 saturated carbocycles. The fraction of sp³-hybridized carbons (Fsp3) is 0.857. The van der Waals surface area contributed by atoms with Crippen LogP contribution in [-0.4, -0.2) is 28.2 Å². The van der Waals surface area contributed by atoms with E-state index in [4.69, 9.17) is 5.11 Å². The van der Waals surface area contributed by atoms with Crippen LogP contribution in [0.25, 0.3) is 0 Å². The molecule has 0 unspecified atom stereocenters. The molecule has 0 heterocycles. The summed E-state index contributed by atoms with van der Waals surface area (Å²) < 4.78 is 0. The number of carboxylic acid groups (broad SMARTS) is 1. The number of carbonyl (C=O) groups excluding carboxylic acids is 1. The summed E-state index contributed by atoms with van der Waals surface area (Å²) in [5, 5.41) is 14.6. The zero-order valence-electron chi connectivity index (χ0n) is 12.2. The van der Waals surface area contributed by atoms with E-state index in [0.717, 1.165) is 25.7 Å². The molecule has 1 fully saturated rings. The van der Waals surface area contributed by atoms with Crippen molar-refractivity contribution in [3.63, 3.8) is 0 Å². The van der Waals surface area contributed by atoms with Gasteiger partial charge in [-0.1, -0.05) is 19.3 Å². The molecular weight excluding hydrogens is 244 g/mol. The van der Waals surface area contributed by atoms with Crippen molar-refractivity contribution < 1.29 is 14.7 Å². The summed E-state index contributed by atoms with van der Waals surface area (Å²) in [5.74, 6) is -0.838. The minimum atomic E-state index is -0.838. The van der Waals surface area contributed by atoms with Crippen LogP contribution < -0.4 is 10.6 Å². The Bertz CT molecular complexity index is 334. The Hall–Kier alpha value is -1.26. The Morgan fingerprint density at radius 1 is 1.21 bits per heavy atom. The molecule has 110 valence electrons. The van der Waals surface area contributed by atoms with Gasteiger partial charge in [0.25, 0.3) is 0 Å². The van der Waals surface area contributed by atoms with Crippen molar-refractivity contribution in [2.24, 2.45) is 0 Å². The van der Waals surface area contributed by atoms with Gasteiger partial charge in [0.05, 0.1) is 0 Å². The lowest BCUT2D eigenvalue weighted by Crippen LogP contribution is -2.55. The number of hydrogen-bond acceptors (Lipinski definition) is 2. The number of nitrogens with one attached hydrogen (secondary N) is 2. The molecule has 3 N–H and O–H groups in total.